The zero-order valence-electron chi connectivity index (χ0n) is 11.0. The van der Waals surface area contributed by atoms with Gasteiger partial charge in [-0.25, -0.2) is 4.39 Å². The molecule has 0 amide bonds. The van der Waals surface area contributed by atoms with E-state index < -0.39 is 18.0 Å². The van der Waals surface area contributed by atoms with E-state index in [9.17, 15) is 14.6 Å². The molecule has 2 rings (SSSR count). The first-order valence-corrected chi connectivity index (χ1v) is 6.18. The number of aliphatic hydroxyl groups is 2. The van der Waals surface area contributed by atoms with Crippen LogP contribution in [-0.2, 0) is 0 Å². The van der Waals surface area contributed by atoms with Crippen molar-refractivity contribution < 1.29 is 14.6 Å². The lowest BCUT2D eigenvalue weighted by Gasteiger charge is -2.21. The van der Waals surface area contributed by atoms with Gasteiger partial charge in [0.05, 0.1) is 0 Å². The quantitative estimate of drug-likeness (QED) is 0.889. The van der Waals surface area contributed by atoms with Gasteiger partial charge in [0, 0.05) is 5.56 Å². The Kier molecular flexibility index (Phi) is 3.98. The smallest absolute Gasteiger partial charge is 0.129 e. The highest BCUT2D eigenvalue weighted by Gasteiger charge is 2.24. The van der Waals surface area contributed by atoms with Gasteiger partial charge in [-0.3, -0.25) is 0 Å². The van der Waals surface area contributed by atoms with Crippen LogP contribution in [0.4, 0.5) is 4.39 Å². The van der Waals surface area contributed by atoms with Crippen LogP contribution in [0.2, 0.25) is 0 Å². The fourth-order valence-corrected chi connectivity index (χ4v) is 2.29. The van der Waals surface area contributed by atoms with E-state index in [4.69, 9.17) is 0 Å². The number of benzene rings is 2. The van der Waals surface area contributed by atoms with Crippen molar-refractivity contribution in [1.29, 1.82) is 0 Å². The molecule has 0 radical (unpaired) electrons. The Morgan fingerprint density at radius 2 is 1.58 bits per heavy atom. The minimum absolute atomic E-state index is 0.155. The molecule has 0 heterocycles. The molecule has 0 spiro atoms. The molecule has 2 aromatic carbocycles. The molecule has 100 valence electrons. The van der Waals surface area contributed by atoms with Crippen molar-refractivity contribution >= 4 is 0 Å². The van der Waals surface area contributed by atoms with Gasteiger partial charge in [-0.15, -0.1) is 0 Å². The van der Waals surface area contributed by atoms with E-state index in [0.717, 1.165) is 5.56 Å². The van der Waals surface area contributed by atoms with E-state index in [1.54, 1.807) is 44.2 Å². The van der Waals surface area contributed by atoms with Gasteiger partial charge < -0.3 is 10.2 Å². The van der Waals surface area contributed by atoms with Crippen LogP contribution in [0.3, 0.4) is 0 Å². The highest BCUT2D eigenvalue weighted by Crippen LogP contribution is 2.32. The van der Waals surface area contributed by atoms with Gasteiger partial charge in [-0.05, 0) is 36.6 Å². The highest BCUT2D eigenvalue weighted by atomic mass is 19.1. The third-order valence-corrected chi connectivity index (χ3v) is 3.22. The molecule has 0 bridgehead atoms. The highest BCUT2D eigenvalue weighted by molar-refractivity contribution is 5.35. The fraction of sp³-hybridized carbons (Fsp3) is 0.250. The zero-order valence-corrected chi connectivity index (χ0v) is 11.0. The summed E-state index contributed by atoms with van der Waals surface area (Å²) in [6, 6.07) is 11.9. The summed E-state index contributed by atoms with van der Waals surface area (Å²) in [6.45, 7) is 3.52. The van der Waals surface area contributed by atoms with E-state index in [-0.39, 0.29) is 5.56 Å². The number of hydrogen-bond acceptors (Lipinski definition) is 2. The predicted molar refractivity (Wildman–Crippen MR) is 72.2 cm³/mol. The van der Waals surface area contributed by atoms with Gasteiger partial charge in [0.25, 0.3) is 0 Å². The summed E-state index contributed by atoms with van der Waals surface area (Å²) < 4.78 is 14.0. The second kappa shape index (κ2) is 5.51. The SMILES string of the molecule is Cc1cc(C)c(C(O)C(O)c2ccccc2)c(F)c1. The average molecular weight is 260 g/mol. The van der Waals surface area contributed by atoms with E-state index in [1.165, 1.54) is 6.07 Å². The molecule has 2 nitrogen and oxygen atoms in total. The van der Waals surface area contributed by atoms with Crippen LogP contribution < -0.4 is 0 Å². The molecule has 0 aromatic heterocycles. The number of aryl methyl sites for hydroxylation is 2. The lowest BCUT2D eigenvalue weighted by atomic mass is 9.93. The van der Waals surface area contributed by atoms with Gasteiger partial charge >= 0.3 is 0 Å². The molecule has 0 aliphatic carbocycles. The Morgan fingerprint density at radius 3 is 2.16 bits per heavy atom. The normalized spacial score (nSPS) is 14.2. The van der Waals surface area contributed by atoms with Crippen molar-refractivity contribution in [3.8, 4) is 0 Å². The van der Waals surface area contributed by atoms with E-state index in [1.807, 2.05) is 6.07 Å². The third kappa shape index (κ3) is 2.83. The summed E-state index contributed by atoms with van der Waals surface area (Å²) in [7, 11) is 0. The number of rotatable bonds is 3. The topological polar surface area (TPSA) is 40.5 Å². The third-order valence-electron chi connectivity index (χ3n) is 3.22. The monoisotopic (exact) mass is 260 g/mol. The summed E-state index contributed by atoms with van der Waals surface area (Å²) in [5, 5.41) is 20.3. The standard InChI is InChI=1S/C16H17FO2/c1-10-8-11(2)14(13(17)9-10)16(19)15(18)12-6-4-3-5-7-12/h3-9,15-16,18-19H,1-2H3. The molecule has 0 saturated heterocycles. The van der Waals surface area contributed by atoms with E-state index in [2.05, 4.69) is 0 Å². The van der Waals surface area contributed by atoms with Gasteiger partial charge in [-0.2, -0.15) is 0 Å². The largest absolute Gasteiger partial charge is 0.385 e. The Bertz CT molecular complexity index is 543. The first-order valence-electron chi connectivity index (χ1n) is 6.18. The molecule has 0 aliphatic heterocycles. The Balaban J connectivity index is 2.37. The van der Waals surface area contributed by atoms with Crippen LogP contribution in [0.15, 0.2) is 42.5 Å². The van der Waals surface area contributed by atoms with Gasteiger partial charge in [-0.1, -0.05) is 36.4 Å². The van der Waals surface area contributed by atoms with Crippen LogP contribution in [0.25, 0.3) is 0 Å². The molecular formula is C16H17FO2. The van der Waals surface area contributed by atoms with Gasteiger partial charge in [0.1, 0.15) is 18.0 Å². The number of halogens is 1. The van der Waals surface area contributed by atoms with Crippen molar-refractivity contribution in [3.05, 3.63) is 70.5 Å². The Labute approximate surface area is 112 Å². The van der Waals surface area contributed by atoms with Crippen LogP contribution >= 0.6 is 0 Å². The molecule has 2 aromatic rings. The summed E-state index contributed by atoms with van der Waals surface area (Å²) in [6.07, 6.45) is -2.42. The van der Waals surface area contributed by atoms with Crippen molar-refractivity contribution in [2.75, 3.05) is 0 Å². The second-order valence-corrected chi connectivity index (χ2v) is 4.78. The molecule has 2 unspecified atom stereocenters. The van der Waals surface area contributed by atoms with Crippen molar-refractivity contribution in [1.82, 2.24) is 0 Å². The average Bonchev–Trinajstić information content (AvgIpc) is 2.37. The predicted octanol–water partition coefficient (Wildman–Crippen LogP) is 3.21. The molecule has 2 N–H and O–H groups in total. The minimum Gasteiger partial charge on any atom is -0.385 e. The number of aliphatic hydroxyl groups excluding tert-OH is 2. The lowest BCUT2D eigenvalue weighted by molar-refractivity contribution is 0.0147. The maximum Gasteiger partial charge on any atom is 0.129 e. The van der Waals surface area contributed by atoms with E-state index >= 15 is 0 Å². The van der Waals surface area contributed by atoms with Crippen molar-refractivity contribution in [3.63, 3.8) is 0 Å². The maximum atomic E-state index is 14.0. The van der Waals surface area contributed by atoms with Crippen LogP contribution in [-0.4, -0.2) is 10.2 Å². The zero-order chi connectivity index (χ0) is 14.0. The molecular weight excluding hydrogens is 243 g/mol. The number of hydrogen-bond donors (Lipinski definition) is 2. The summed E-state index contributed by atoms with van der Waals surface area (Å²) in [5.41, 5.74) is 2.15. The Hall–Kier alpha value is -1.71. The van der Waals surface area contributed by atoms with Crippen LogP contribution in [0.1, 0.15) is 34.5 Å². The summed E-state index contributed by atoms with van der Waals surface area (Å²) in [4.78, 5) is 0. The van der Waals surface area contributed by atoms with E-state index in [0.29, 0.717) is 11.1 Å². The van der Waals surface area contributed by atoms with Gasteiger partial charge in [0.2, 0.25) is 0 Å². The first-order chi connectivity index (χ1) is 9.00. The summed E-state index contributed by atoms with van der Waals surface area (Å²) in [5.74, 6) is -0.486. The second-order valence-electron chi connectivity index (χ2n) is 4.78. The summed E-state index contributed by atoms with van der Waals surface area (Å²) >= 11 is 0. The van der Waals surface area contributed by atoms with Crippen LogP contribution in [0, 0.1) is 19.7 Å². The van der Waals surface area contributed by atoms with Crippen molar-refractivity contribution in [2.24, 2.45) is 0 Å². The minimum atomic E-state index is -1.28. The fourth-order valence-electron chi connectivity index (χ4n) is 2.29. The molecule has 0 saturated carbocycles. The van der Waals surface area contributed by atoms with Gasteiger partial charge in [0.15, 0.2) is 0 Å². The lowest BCUT2D eigenvalue weighted by Crippen LogP contribution is -2.13. The van der Waals surface area contributed by atoms with Crippen LogP contribution in [0.5, 0.6) is 0 Å². The Morgan fingerprint density at radius 1 is 0.947 bits per heavy atom. The molecule has 2 atom stereocenters. The maximum absolute atomic E-state index is 14.0. The molecule has 0 fully saturated rings. The molecule has 0 aliphatic rings. The first kappa shape index (κ1) is 13.7. The van der Waals surface area contributed by atoms with Crippen molar-refractivity contribution in [2.45, 2.75) is 26.1 Å². The molecule has 19 heavy (non-hydrogen) atoms. The molecule has 3 heteroatoms.